The lowest BCUT2D eigenvalue weighted by Gasteiger charge is -2.15. The van der Waals surface area contributed by atoms with Crippen LogP contribution in [0, 0.1) is 20.8 Å². The minimum atomic E-state index is -3.77. The second kappa shape index (κ2) is 6.91. The van der Waals surface area contributed by atoms with E-state index >= 15 is 0 Å². The molecule has 0 fully saturated rings. The first kappa shape index (κ1) is 17.5. The molecule has 7 heteroatoms. The van der Waals surface area contributed by atoms with E-state index in [-0.39, 0.29) is 17.3 Å². The summed E-state index contributed by atoms with van der Waals surface area (Å²) >= 11 is 0. The number of rotatable bonds is 6. The Balaban J connectivity index is 2.99. The number of benzene rings is 1. The van der Waals surface area contributed by atoms with Crippen LogP contribution in [-0.4, -0.2) is 27.4 Å². The van der Waals surface area contributed by atoms with Gasteiger partial charge in [-0.25, -0.2) is 13.1 Å². The quantitative estimate of drug-likeness (QED) is 0.682. The molecule has 0 unspecified atom stereocenters. The molecular weight excluding hydrogens is 290 g/mol. The summed E-state index contributed by atoms with van der Waals surface area (Å²) < 4.78 is 27.1. The average molecular weight is 313 g/mol. The number of amides is 1. The number of carbonyl (C=O) groups is 1. The molecule has 0 aromatic heterocycles. The van der Waals surface area contributed by atoms with Crippen molar-refractivity contribution < 1.29 is 13.2 Å². The smallest absolute Gasteiger partial charge is 0.241 e. The number of nitrogen functional groups attached to an aromatic ring is 1. The Hall–Kier alpha value is -1.60. The van der Waals surface area contributed by atoms with E-state index in [0.717, 1.165) is 12.0 Å². The molecule has 0 saturated heterocycles. The van der Waals surface area contributed by atoms with E-state index < -0.39 is 10.0 Å². The van der Waals surface area contributed by atoms with Gasteiger partial charge in [0, 0.05) is 12.2 Å². The van der Waals surface area contributed by atoms with Gasteiger partial charge in [-0.2, -0.15) is 0 Å². The van der Waals surface area contributed by atoms with Crippen LogP contribution < -0.4 is 15.8 Å². The molecule has 118 valence electrons. The fraction of sp³-hybridized carbons (Fsp3) is 0.500. The fourth-order valence-corrected chi connectivity index (χ4v) is 3.62. The lowest BCUT2D eigenvalue weighted by Crippen LogP contribution is -2.37. The van der Waals surface area contributed by atoms with Crippen LogP contribution in [0.3, 0.4) is 0 Å². The highest BCUT2D eigenvalue weighted by Crippen LogP contribution is 2.27. The summed E-state index contributed by atoms with van der Waals surface area (Å²) in [4.78, 5) is 11.7. The van der Waals surface area contributed by atoms with Crippen LogP contribution in [0.5, 0.6) is 0 Å². The van der Waals surface area contributed by atoms with Crippen LogP contribution in [0.25, 0.3) is 0 Å². The van der Waals surface area contributed by atoms with Crippen LogP contribution >= 0.6 is 0 Å². The van der Waals surface area contributed by atoms with Crippen LogP contribution in [-0.2, 0) is 14.8 Å². The monoisotopic (exact) mass is 313 g/mol. The Bertz CT molecular complexity index is 639. The fourth-order valence-electron chi connectivity index (χ4n) is 2.16. The minimum absolute atomic E-state index is 0.147. The van der Waals surface area contributed by atoms with Gasteiger partial charge in [0.15, 0.2) is 0 Å². The van der Waals surface area contributed by atoms with Crippen LogP contribution in [0.1, 0.15) is 30.0 Å². The van der Waals surface area contributed by atoms with Gasteiger partial charge < -0.3 is 11.1 Å². The molecule has 0 atom stereocenters. The van der Waals surface area contributed by atoms with E-state index in [1.54, 1.807) is 19.9 Å². The number of hydrogen-bond acceptors (Lipinski definition) is 4. The van der Waals surface area contributed by atoms with Crippen molar-refractivity contribution in [3.8, 4) is 0 Å². The van der Waals surface area contributed by atoms with Gasteiger partial charge in [0.1, 0.15) is 0 Å². The van der Waals surface area contributed by atoms with Crippen molar-refractivity contribution in [2.75, 3.05) is 18.8 Å². The van der Waals surface area contributed by atoms with Crippen molar-refractivity contribution in [3.63, 3.8) is 0 Å². The second-order valence-corrected chi connectivity index (χ2v) is 6.76. The standard InChI is InChI=1S/C14H23N3O3S/c1-5-6-16-12(18)8-17-21(19,20)14-10(3)7-9(2)13(15)11(14)4/h7,17H,5-6,8,15H2,1-4H3,(H,16,18). The summed E-state index contributed by atoms with van der Waals surface area (Å²) in [5.74, 6) is -0.351. The zero-order valence-corrected chi connectivity index (χ0v) is 13.7. The first-order chi connectivity index (χ1) is 9.70. The topological polar surface area (TPSA) is 101 Å². The Morgan fingerprint density at radius 3 is 2.43 bits per heavy atom. The Kier molecular flexibility index (Phi) is 5.74. The maximum Gasteiger partial charge on any atom is 0.241 e. The van der Waals surface area contributed by atoms with Crippen molar-refractivity contribution in [1.29, 1.82) is 0 Å². The predicted octanol–water partition coefficient (Wildman–Crippen LogP) is 0.999. The lowest BCUT2D eigenvalue weighted by molar-refractivity contribution is -0.119. The van der Waals surface area contributed by atoms with Crippen molar-refractivity contribution in [2.45, 2.75) is 39.0 Å². The Morgan fingerprint density at radius 1 is 1.24 bits per heavy atom. The number of anilines is 1. The lowest BCUT2D eigenvalue weighted by atomic mass is 10.1. The third kappa shape index (κ3) is 4.18. The molecular formula is C14H23N3O3S. The number of carbonyl (C=O) groups excluding carboxylic acids is 1. The Morgan fingerprint density at radius 2 is 1.86 bits per heavy atom. The predicted molar refractivity (Wildman–Crippen MR) is 83.6 cm³/mol. The SMILES string of the molecule is CCCNC(=O)CNS(=O)(=O)c1c(C)cc(C)c(N)c1C. The zero-order chi connectivity index (χ0) is 16.2. The van der Waals surface area contributed by atoms with Gasteiger partial charge in [0.2, 0.25) is 15.9 Å². The third-order valence-electron chi connectivity index (χ3n) is 3.22. The van der Waals surface area contributed by atoms with Crippen molar-refractivity contribution >= 4 is 21.6 Å². The molecule has 21 heavy (non-hydrogen) atoms. The van der Waals surface area contributed by atoms with Crippen LogP contribution in [0.2, 0.25) is 0 Å². The number of hydrogen-bond donors (Lipinski definition) is 3. The van der Waals surface area contributed by atoms with E-state index in [4.69, 9.17) is 5.73 Å². The summed E-state index contributed by atoms with van der Waals surface area (Å²) in [5, 5.41) is 2.62. The number of nitrogens with two attached hydrogens (primary N) is 1. The highest BCUT2D eigenvalue weighted by molar-refractivity contribution is 7.89. The minimum Gasteiger partial charge on any atom is -0.398 e. The van der Waals surface area contributed by atoms with E-state index in [1.165, 1.54) is 0 Å². The number of nitrogens with one attached hydrogen (secondary N) is 2. The first-order valence-corrected chi connectivity index (χ1v) is 8.31. The summed E-state index contributed by atoms with van der Waals surface area (Å²) in [5.41, 5.74) is 8.31. The molecule has 1 aromatic rings. The molecule has 1 amide bonds. The van der Waals surface area contributed by atoms with Crippen LogP contribution in [0.15, 0.2) is 11.0 Å². The maximum absolute atomic E-state index is 12.4. The van der Waals surface area contributed by atoms with Crippen molar-refractivity contribution in [2.24, 2.45) is 0 Å². The molecule has 0 heterocycles. The summed E-state index contributed by atoms with van der Waals surface area (Å²) in [6.07, 6.45) is 0.797. The van der Waals surface area contributed by atoms with Gasteiger partial charge in [0.05, 0.1) is 11.4 Å². The van der Waals surface area contributed by atoms with Crippen molar-refractivity contribution in [3.05, 3.63) is 22.8 Å². The molecule has 4 N–H and O–H groups in total. The van der Waals surface area contributed by atoms with Crippen LogP contribution in [0.4, 0.5) is 5.69 Å². The molecule has 1 aromatic carbocycles. The van der Waals surface area contributed by atoms with E-state index in [1.807, 2.05) is 13.8 Å². The first-order valence-electron chi connectivity index (χ1n) is 6.83. The van der Waals surface area contributed by atoms with Crippen molar-refractivity contribution in [1.82, 2.24) is 10.0 Å². The molecule has 0 aliphatic carbocycles. The van der Waals surface area contributed by atoms with Gasteiger partial charge in [-0.15, -0.1) is 0 Å². The molecule has 0 aliphatic heterocycles. The zero-order valence-electron chi connectivity index (χ0n) is 12.9. The molecule has 0 aliphatic rings. The number of sulfonamides is 1. The molecule has 0 radical (unpaired) electrons. The average Bonchev–Trinajstić information content (AvgIpc) is 2.40. The highest BCUT2D eigenvalue weighted by atomic mass is 32.2. The molecule has 0 bridgehead atoms. The van der Waals surface area contributed by atoms with Gasteiger partial charge in [-0.05, 0) is 43.9 Å². The van der Waals surface area contributed by atoms with E-state index in [0.29, 0.717) is 23.4 Å². The molecule has 0 saturated carbocycles. The van der Waals surface area contributed by atoms with Gasteiger partial charge in [0.25, 0.3) is 0 Å². The highest BCUT2D eigenvalue weighted by Gasteiger charge is 2.22. The largest absolute Gasteiger partial charge is 0.398 e. The second-order valence-electron chi connectivity index (χ2n) is 5.05. The van der Waals surface area contributed by atoms with E-state index in [9.17, 15) is 13.2 Å². The van der Waals surface area contributed by atoms with E-state index in [2.05, 4.69) is 10.0 Å². The van der Waals surface area contributed by atoms with Gasteiger partial charge in [-0.3, -0.25) is 4.79 Å². The van der Waals surface area contributed by atoms with Gasteiger partial charge >= 0.3 is 0 Å². The summed E-state index contributed by atoms with van der Waals surface area (Å²) in [7, 11) is -3.77. The third-order valence-corrected chi connectivity index (χ3v) is 4.91. The molecule has 6 nitrogen and oxygen atoms in total. The normalized spacial score (nSPS) is 11.4. The summed E-state index contributed by atoms with van der Waals surface area (Å²) in [6.45, 7) is 7.38. The molecule has 1 rings (SSSR count). The maximum atomic E-state index is 12.4. The Labute approximate surface area is 126 Å². The number of aryl methyl sites for hydroxylation is 2. The summed E-state index contributed by atoms with van der Waals surface area (Å²) in [6, 6.07) is 1.73. The molecule has 0 spiro atoms. The van der Waals surface area contributed by atoms with Gasteiger partial charge in [-0.1, -0.05) is 13.0 Å².